The van der Waals surface area contributed by atoms with Crippen LogP contribution >= 0.6 is 11.8 Å². The Morgan fingerprint density at radius 1 is 1.19 bits per heavy atom. The zero-order valence-electron chi connectivity index (χ0n) is 16.1. The number of hydrogen-bond acceptors (Lipinski definition) is 8. The van der Waals surface area contributed by atoms with E-state index in [9.17, 15) is 9.59 Å². The third-order valence-electron chi connectivity index (χ3n) is 4.09. The van der Waals surface area contributed by atoms with E-state index in [4.69, 9.17) is 18.9 Å². The molecule has 0 bridgehead atoms. The second kappa shape index (κ2) is 10.3. The van der Waals surface area contributed by atoms with E-state index in [0.29, 0.717) is 41.8 Å². The van der Waals surface area contributed by atoms with Gasteiger partial charge in [0.1, 0.15) is 6.04 Å². The molecule has 2 rings (SSSR count). The zero-order valence-corrected chi connectivity index (χ0v) is 16.9. The number of esters is 1. The molecule has 1 amide bonds. The van der Waals surface area contributed by atoms with E-state index in [0.717, 1.165) is 5.75 Å². The van der Waals surface area contributed by atoms with Crippen molar-refractivity contribution in [3.05, 3.63) is 12.1 Å². The maximum Gasteiger partial charge on any atom is 0.324 e. The van der Waals surface area contributed by atoms with Crippen LogP contribution in [0.15, 0.2) is 12.1 Å². The van der Waals surface area contributed by atoms with Gasteiger partial charge in [-0.1, -0.05) is 0 Å². The molecular formula is C18H26N2O6S. The average molecular weight is 398 g/mol. The fourth-order valence-electron chi connectivity index (χ4n) is 2.82. The number of methoxy groups -OCH3 is 3. The minimum atomic E-state index is -0.408. The third-order valence-corrected chi connectivity index (χ3v) is 5.12. The van der Waals surface area contributed by atoms with Gasteiger partial charge in [-0.3, -0.25) is 14.5 Å². The highest BCUT2D eigenvalue weighted by atomic mass is 32.2. The number of nitrogens with zero attached hydrogens (tertiary/aromatic N) is 1. The average Bonchev–Trinajstić information content (AvgIpc) is 2.67. The molecule has 0 saturated carbocycles. The van der Waals surface area contributed by atoms with Gasteiger partial charge in [-0.05, 0) is 6.92 Å². The second-order valence-corrected chi connectivity index (χ2v) is 6.93. The van der Waals surface area contributed by atoms with Crippen LogP contribution in [0, 0.1) is 0 Å². The number of carbonyl (C=O) groups excluding carboxylic acids is 2. The van der Waals surface area contributed by atoms with E-state index in [1.165, 1.54) is 21.3 Å². The number of ether oxygens (including phenoxy) is 4. The lowest BCUT2D eigenvalue weighted by atomic mass is 10.2. The molecule has 0 aromatic heterocycles. The molecule has 1 aromatic carbocycles. The first kappa shape index (κ1) is 21.2. The first-order valence-electron chi connectivity index (χ1n) is 8.62. The van der Waals surface area contributed by atoms with Crippen molar-refractivity contribution < 1.29 is 28.5 Å². The van der Waals surface area contributed by atoms with Crippen LogP contribution < -0.4 is 19.5 Å². The Morgan fingerprint density at radius 3 is 2.41 bits per heavy atom. The monoisotopic (exact) mass is 398 g/mol. The molecule has 1 atom stereocenters. The van der Waals surface area contributed by atoms with Crippen molar-refractivity contribution in [2.45, 2.75) is 13.0 Å². The molecule has 1 aromatic rings. The van der Waals surface area contributed by atoms with Gasteiger partial charge in [-0.25, -0.2) is 0 Å². The predicted molar refractivity (Wildman–Crippen MR) is 104 cm³/mol. The van der Waals surface area contributed by atoms with Crippen LogP contribution in [0.25, 0.3) is 0 Å². The molecule has 0 unspecified atom stereocenters. The standard InChI is InChI=1S/C18H26N2O6S/c1-5-26-18(22)13-11-27-7-6-20(13)10-16(21)19-12-8-14(23-2)17(25-4)15(9-12)24-3/h8-9,13H,5-7,10-11H2,1-4H3,(H,19,21)/t13-/m0/s1. The van der Waals surface area contributed by atoms with Crippen molar-refractivity contribution in [3.63, 3.8) is 0 Å². The highest BCUT2D eigenvalue weighted by Gasteiger charge is 2.31. The Kier molecular flexibility index (Phi) is 8.05. The molecule has 150 valence electrons. The molecule has 1 fully saturated rings. The van der Waals surface area contributed by atoms with E-state index in [1.807, 2.05) is 4.90 Å². The second-order valence-electron chi connectivity index (χ2n) is 5.78. The topological polar surface area (TPSA) is 86.3 Å². The van der Waals surface area contributed by atoms with Crippen molar-refractivity contribution in [1.82, 2.24) is 4.90 Å². The van der Waals surface area contributed by atoms with Gasteiger partial charge in [-0.2, -0.15) is 11.8 Å². The van der Waals surface area contributed by atoms with Gasteiger partial charge >= 0.3 is 5.97 Å². The maximum atomic E-state index is 12.5. The molecule has 1 heterocycles. The minimum Gasteiger partial charge on any atom is -0.493 e. The molecule has 1 saturated heterocycles. The Balaban J connectivity index is 2.09. The highest BCUT2D eigenvalue weighted by Crippen LogP contribution is 2.39. The van der Waals surface area contributed by atoms with Crippen LogP contribution in [0.1, 0.15) is 6.92 Å². The lowest BCUT2D eigenvalue weighted by Gasteiger charge is -2.32. The molecule has 0 radical (unpaired) electrons. The largest absolute Gasteiger partial charge is 0.493 e. The van der Waals surface area contributed by atoms with Crippen molar-refractivity contribution in [3.8, 4) is 17.2 Å². The number of benzene rings is 1. The van der Waals surface area contributed by atoms with Gasteiger partial charge in [0.2, 0.25) is 11.7 Å². The highest BCUT2D eigenvalue weighted by molar-refractivity contribution is 7.99. The summed E-state index contributed by atoms with van der Waals surface area (Å²) in [7, 11) is 4.54. The maximum absolute atomic E-state index is 12.5. The summed E-state index contributed by atoms with van der Waals surface area (Å²) in [5, 5.41) is 2.83. The van der Waals surface area contributed by atoms with Gasteiger partial charge in [-0.15, -0.1) is 0 Å². The van der Waals surface area contributed by atoms with Crippen LogP contribution in [0.5, 0.6) is 17.2 Å². The van der Waals surface area contributed by atoms with E-state index < -0.39 is 6.04 Å². The van der Waals surface area contributed by atoms with Crippen LogP contribution in [0.2, 0.25) is 0 Å². The first-order valence-corrected chi connectivity index (χ1v) is 9.77. The van der Waals surface area contributed by atoms with Gasteiger partial charge in [0.25, 0.3) is 0 Å². The first-order chi connectivity index (χ1) is 13.0. The molecule has 1 aliphatic rings. The van der Waals surface area contributed by atoms with Crippen molar-refractivity contribution in [2.75, 3.05) is 57.8 Å². The number of rotatable bonds is 8. The number of nitrogens with one attached hydrogen (secondary N) is 1. The summed E-state index contributed by atoms with van der Waals surface area (Å²) in [5.41, 5.74) is 0.522. The molecule has 8 nitrogen and oxygen atoms in total. The van der Waals surface area contributed by atoms with Crippen molar-refractivity contribution in [2.24, 2.45) is 0 Å². The SMILES string of the molecule is CCOC(=O)[C@@H]1CSCCN1CC(=O)Nc1cc(OC)c(OC)c(OC)c1. The molecule has 0 aliphatic carbocycles. The smallest absolute Gasteiger partial charge is 0.324 e. The van der Waals surface area contributed by atoms with Crippen LogP contribution in [-0.4, -0.2) is 75.3 Å². The quantitative estimate of drug-likeness (QED) is 0.662. The van der Waals surface area contributed by atoms with Crippen molar-refractivity contribution in [1.29, 1.82) is 0 Å². The molecule has 1 aliphatic heterocycles. The summed E-state index contributed by atoms with van der Waals surface area (Å²) in [6.45, 7) is 2.85. The number of thioether (sulfide) groups is 1. The van der Waals surface area contributed by atoms with Gasteiger partial charge in [0.15, 0.2) is 11.5 Å². The van der Waals surface area contributed by atoms with Crippen molar-refractivity contribution >= 4 is 29.3 Å². The Morgan fingerprint density at radius 2 is 1.85 bits per heavy atom. The lowest BCUT2D eigenvalue weighted by molar-refractivity contribution is -0.148. The number of hydrogen-bond donors (Lipinski definition) is 1. The molecule has 0 spiro atoms. The zero-order chi connectivity index (χ0) is 19.8. The Bertz CT molecular complexity index is 644. The number of carbonyl (C=O) groups is 2. The normalized spacial score (nSPS) is 17.1. The van der Waals surface area contributed by atoms with E-state index in [-0.39, 0.29) is 18.4 Å². The van der Waals surface area contributed by atoms with E-state index >= 15 is 0 Å². The van der Waals surface area contributed by atoms with Gasteiger partial charge in [0, 0.05) is 35.9 Å². The summed E-state index contributed by atoms with van der Waals surface area (Å²) < 4.78 is 21.0. The number of amides is 1. The van der Waals surface area contributed by atoms with E-state index in [1.54, 1.807) is 30.8 Å². The fourth-order valence-corrected chi connectivity index (χ4v) is 3.92. The summed E-state index contributed by atoms with van der Waals surface area (Å²) in [6, 6.07) is 2.91. The van der Waals surface area contributed by atoms with Crippen LogP contribution in [0.4, 0.5) is 5.69 Å². The summed E-state index contributed by atoms with van der Waals surface area (Å²) in [6.07, 6.45) is 0. The molecular weight excluding hydrogens is 372 g/mol. The molecule has 27 heavy (non-hydrogen) atoms. The molecule has 9 heteroatoms. The molecule has 1 N–H and O–H groups in total. The lowest BCUT2D eigenvalue weighted by Crippen LogP contribution is -2.50. The summed E-state index contributed by atoms with van der Waals surface area (Å²) >= 11 is 1.68. The fraction of sp³-hybridized carbons (Fsp3) is 0.556. The van der Waals surface area contributed by atoms with Crippen LogP contribution in [0.3, 0.4) is 0 Å². The minimum absolute atomic E-state index is 0.0979. The summed E-state index contributed by atoms with van der Waals surface area (Å²) in [4.78, 5) is 26.5. The Labute approximate surface area is 163 Å². The van der Waals surface area contributed by atoms with Crippen LogP contribution in [-0.2, 0) is 14.3 Å². The van der Waals surface area contributed by atoms with Gasteiger partial charge in [0.05, 0.1) is 34.5 Å². The number of anilines is 1. The van der Waals surface area contributed by atoms with E-state index in [2.05, 4.69) is 5.32 Å². The Hall–Kier alpha value is -2.13. The predicted octanol–water partition coefficient (Wildman–Crippen LogP) is 1.63. The van der Waals surface area contributed by atoms with Gasteiger partial charge < -0.3 is 24.3 Å². The third kappa shape index (κ3) is 5.43. The summed E-state index contributed by atoms with van der Waals surface area (Å²) in [5.74, 6) is 2.32.